The van der Waals surface area contributed by atoms with Gasteiger partial charge in [0.1, 0.15) is 10.7 Å². The van der Waals surface area contributed by atoms with Crippen molar-refractivity contribution >= 4 is 44.7 Å². The molecule has 2 aromatic heterocycles. The number of amides is 1. The van der Waals surface area contributed by atoms with Gasteiger partial charge in [0, 0.05) is 54.6 Å². The lowest BCUT2D eigenvalue weighted by atomic mass is 9.72. The van der Waals surface area contributed by atoms with Gasteiger partial charge in [0.05, 0.1) is 5.39 Å². The third-order valence-electron chi connectivity index (χ3n) is 7.57. The molecule has 1 N–H and O–H groups in total. The molecule has 0 bridgehead atoms. The van der Waals surface area contributed by atoms with E-state index in [4.69, 9.17) is 16.6 Å². The minimum absolute atomic E-state index is 0.0562. The first-order chi connectivity index (χ1) is 16.7. The van der Waals surface area contributed by atoms with Crippen molar-refractivity contribution in [2.45, 2.75) is 52.9 Å². The molecule has 1 aromatic carbocycles. The van der Waals surface area contributed by atoms with E-state index < -0.39 is 0 Å². The van der Waals surface area contributed by atoms with E-state index >= 15 is 0 Å². The Morgan fingerprint density at radius 2 is 2.00 bits per heavy atom. The Bertz CT molecular complexity index is 1300. The number of aromatic amines is 1. The number of fused-ring (bicyclic) bond motifs is 3. The molecular formula is C27H33ClN4O2S. The molecule has 35 heavy (non-hydrogen) atoms. The summed E-state index contributed by atoms with van der Waals surface area (Å²) in [4.78, 5) is 39.9. The summed E-state index contributed by atoms with van der Waals surface area (Å²) in [5.41, 5.74) is 2.49. The molecule has 3 aromatic rings. The Balaban J connectivity index is 1.22. The molecule has 6 nitrogen and oxygen atoms in total. The van der Waals surface area contributed by atoms with Crippen LogP contribution in [-0.4, -0.2) is 47.0 Å². The number of hydrogen-bond donors (Lipinski definition) is 1. The summed E-state index contributed by atoms with van der Waals surface area (Å²) in [7, 11) is 0. The normalized spacial score (nSPS) is 18.7. The van der Waals surface area contributed by atoms with Gasteiger partial charge in [-0.3, -0.25) is 9.59 Å². The van der Waals surface area contributed by atoms with E-state index in [1.807, 2.05) is 29.2 Å². The fourth-order valence-corrected chi connectivity index (χ4v) is 6.86. The number of carbonyl (C=O) groups excluding carboxylic acids is 1. The quantitative estimate of drug-likeness (QED) is 0.530. The Labute approximate surface area is 215 Å². The highest BCUT2D eigenvalue weighted by molar-refractivity contribution is 7.18. The van der Waals surface area contributed by atoms with Gasteiger partial charge in [0.15, 0.2) is 0 Å². The molecule has 3 heterocycles. The Morgan fingerprint density at radius 1 is 1.23 bits per heavy atom. The smallest absolute Gasteiger partial charge is 0.259 e. The fourth-order valence-electron chi connectivity index (χ4n) is 5.36. The van der Waals surface area contributed by atoms with E-state index in [9.17, 15) is 9.59 Å². The van der Waals surface area contributed by atoms with Crippen LogP contribution in [0.1, 0.15) is 49.9 Å². The number of hydrogen-bond acceptors (Lipinski definition) is 5. The zero-order valence-electron chi connectivity index (χ0n) is 20.7. The van der Waals surface area contributed by atoms with E-state index in [1.165, 1.54) is 10.4 Å². The number of rotatable bonds is 4. The second kappa shape index (κ2) is 9.58. The summed E-state index contributed by atoms with van der Waals surface area (Å²) in [6.45, 7) is 9.82. The molecule has 0 saturated carbocycles. The maximum absolute atomic E-state index is 13.0. The maximum atomic E-state index is 13.0. The molecule has 1 amide bonds. The van der Waals surface area contributed by atoms with Crippen LogP contribution in [0, 0.1) is 11.3 Å². The molecule has 1 atom stereocenters. The molecule has 186 valence electrons. The van der Waals surface area contributed by atoms with E-state index in [0.717, 1.165) is 53.3 Å². The minimum atomic E-state index is -0.0562. The molecule has 0 spiro atoms. The van der Waals surface area contributed by atoms with Gasteiger partial charge < -0.3 is 14.8 Å². The van der Waals surface area contributed by atoms with Crippen molar-refractivity contribution in [2.75, 3.05) is 31.1 Å². The van der Waals surface area contributed by atoms with Crippen molar-refractivity contribution in [3.05, 3.63) is 55.9 Å². The number of anilines is 1. The van der Waals surface area contributed by atoms with Crippen LogP contribution in [0.25, 0.3) is 10.2 Å². The Kier molecular flexibility index (Phi) is 6.66. The molecule has 8 heteroatoms. The number of piperazine rings is 1. The average molecular weight is 513 g/mol. The van der Waals surface area contributed by atoms with Crippen LogP contribution in [0.3, 0.4) is 0 Å². The number of thiophene rings is 1. The standard InChI is InChI=1S/C27H33ClN4O2S/c1-27(2,3)17-7-8-20-21(15-17)35-26-24(20)25(34)29-22(30-26)9-10-23(33)32-13-11-31(12-14-32)19-6-4-5-18(28)16-19/h4-6,16-17H,7-15H2,1-3H3,(H,29,30,34)/t17-/m1/s1. The maximum Gasteiger partial charge on any atom is 0.259 e. The van der Waals surface area contributed by atoms with Crippen LogP contribution >= 0.6 is 22.9 Å². The van der Waals surface area contributed by atoms with Crippen LogP contribution in [-0.2, 0) is 24.1 Å². The number of aromatic nitrogens is 2. The molecule has 1 aliphatic carbocycles. The lowest BCUT2D eigenvalue weighted by Crippen LogP contribution is -2.48. The van der Waals surface area contributed by atoms with Crippen LogP contribution < -0.4 is 10.5 Å². The van der Waals surface area contributed by atoms with Gasteiger partial charge in [-0.05, 0) is 54.4 Å². The van der Waals surface area contributed by atoms with Crippen molar-refractivity contribution < 1.29 is 4.79 Å². The highest BCUT2D eigenvalue weighted by Crippen LogP contribution is 2.42. The van der Waals surface area contributed by atoms with Gasteiger partial charge in [0.2, 0.25) is 5.91 Å². The summed E-state index contributed by atoms with van der Waals surface area (Å²) in [6.07, 6.45) is 3.88. The van der Waals surface area contributed by atoms with Gasteiger partial charge >= 0.3 is 0 Å². The number of carbonyl (C=O) groups is 1. The van der Waals surface area contributed by atoms with Crippen LogP contribution in [0.2, 0.25) is 5.02 Å². The molecule has 1 saturated heterocycles. The zero-order chi connectivity index (χ0) is 24.7. The van der Waals surface area contributed by atoms with Gasteiger partial charge in [-0.15, -0.1) is 11.3 Å². The van der Waals surface area contributed by atoms with Gasteiger partial charge in [-0.1, -0.05) is 38.4 Å². The molecular weight excluding hydrogens is 480 g/mol. The fraction of sp³-hybridized carbons (Fsp3) is 0.519. The Hall–Kier alpha value is -2.38. The lowest BCUT2D eigenvalue weighted by Gasteiger charge is -2.36. The topological polar surface area (TPSA) is 69.3 Å². The number of halogens is 1. The van der Waals surface area contributed by atoms with Crippen LogP contribution in [0.4, 0.5) is 5.69 Å². The van der Waals surface area contributed by atoms with Crippen molar-refractivity contribution in [1.82, 2.24) is 14.9 Å². The number of aryl methyl sites for hydroxylation is 2. The molecule has 0 radical (unpaired) electrons. The number of nitrogens with one attached hydrogen (secondary N) is 1. The summed E-state index contributed by atoms with van der Waals surface area (Å²) in [5, 5.41) is 1.49. The van der Waals surface area contributed by atoms with Crippen molar-refractivity contribution in [1.29, 1.82) is 0 Å². The Morgan fingerprint density at radius 3 is 2.71 bits per heavy atom. The minimum Gasteiger partial charge on any atom is -0.368 e. The molecule has 5 rings (SSSR count). The van der Waals surface area contributed by atoms with Crippen LogP contribution in [0.15, 0.2) is 29.1 Å². The predicted octanol–water partition coefficient (Wildman–Crippen LogP) is 5.07. The summed E-state index contributed by atoms with van der Waals surface area (Å²) < 4.78 is 0. The highest BCUT2D eigenvalue weighted by atomic mass is 35.5. The second-order valence-corrected chi connectivity index (χ2v) is 12.4. The third-order valence-corrected chi connectivity index (χ3v) is 8.96. The van der Waals surface area contributed by atoms with Crippen molar-refractivity contribution in [3.63, 3.8) is 0 Å². The number of benzene rings is 1. The molecule has 1 aliphatic heterocycles. The monoisotopic (exact) mass is 512 g/mol. The summed E-state index contributed by atoms with van der Waals surface area (Å²) >= 11 is 7.79. The van der Waals surface area contributed by atoms with Crippen molar-refractivity contribution in [3.8, 4) is 0 Å². The molecule has 0 unspecified atom stereocenters. The zero-order valence-corrected chi connectivity index (χ0v) is 22.3. The first kappa shape index (κ1) is 24.3. The molecule has 1 fully saturated rings. The van der Waals surface area contributed by atoms with E-state index in [1.54, 1.807) is 11.3 Å². The van der Waals surface area contributed by atoms with Gasteiger partial charge in [0.25, 0.3) is 5.56 Å². The van der Waals surface area contributed by atoms with Gasteiger partial charge in [-0.2, -0.15) is 0 Å². The second-order valence-electron chi connectivity index (χ2n) is 10.9. The van der Waals surface area contributed by atoms with E-state index in [-0.39, 0.29) is 16.9 Å². The predicted molar refractivity (Wildman–Crippen MR) is 144 cm³/mol. The first-order valence-electron chi connectivity index (χ1n) is 12.5. The van der Waals surface area contributed by atoms with Crippen molar-refractivity contribution in [2.24, 2.45) is 11.3 Å². The average Bonchev–Trinajstić information content (AvgIpc) is 3.20. The number of nitrogens with zero attached hydrogens (tertiary/aromatic N) is 3. The number of H-pyrrole nitrogens is 1. The van der Waals surface area contributed by atoms with Gasteiger partial charge in [-0.25, -0.2) is 4.98 Å². The highest BCUT2D eigenvalue weighted by Gasteiger charge is 2.31. The first-order valence-corrected chi connectivity index (χ1v) is 13.7. The SMILES string of the molecule is CC(C)(C)[C@@H]1CCc2c(sc3nc(CCC(=O)N4CCN(c5cccc(Cl)c5)CC4)[nH]c(=O)c23)C1. The van der Waals surface area contributed by atoms with E-state index in [2.05, 4.69) is 30.7 Å². The largest absolute Gasteiger partial charge is 0.368 e. The summed E-state index contributed by atoms with van der Waals surface area (Å²) in [6, 6.07) is 7.83. The van der Waals surface area contributed by atoms with Crippen LogP contribution in [0.5, 0.6) is 0 Å². The molecule has 2 aliphatic rings. The third kappa shape index (κ3) is 5.12. The van der Waals surface area contributed by atoms with E-state index in [0.29, 0.717) is 37.7 Å². The lowest BCUT2D eigenvalue weighted by molar-refractivity contribution is -0.131. The summed E-state index contributed by atoms with van der Waals surface area (Å²) in [5.74, 6) is 1.34.